The lowest BCUT2D eigenvalue weighted by Gasteiger charge is -2.52. The van der Waals surface area contributed by atoms with Gasteiger partial charge in [0, 0.05) is 21.0 Å². The van der Waals surface area contributed by atoms with Gasteiger partial charge in [-0.2, -0.15) is 0 Å². The van der Waals surface area contributed by atoms with E-state index in [0.29, 0.717) is 21.0 Å². The van der Waals surface area contributed by atoms with Crippen LogP contribution >= 0.6 is 47.0 Å². The molecule has 372 valence electrons. The van der Waals surface area contributed by atoms with E-state index < -0.39 is 14.1 Å². The zero-order valence-corrected chi connectivity index (χ0v) is 47.2. The number of unbranched alkanes of at least 4 members (excludes halogenated alkanes) is 28. The van der Waals surface area contributed by atoms with Crippen LogP contribution in [0.5, 0.6) is 0 Å². The molecule has 0 fully saturated rings. The van der Waals surface area contributed by atoms with Gasteiger partial charge in [0.05, 0.1) is 4.08 Å². The summed E-state index contributed by atoms with van der Waals surface area (Å²) in [5.74, 6) is -0.555. The first kappa shape index (κ1) is 62.9. The average Bonchev–Trinajstić information content (AvgIpc) is 3.20. The van der Waals surface area contributed by atoms with Crippen molar-refractivity contribution < 1.29 is 9.90 Å². The molecule has 0 bridgehead atoms. The lowest BCUT2D eigenvalue weighted by Crippen LogP contribution is -2.55. The Morgan fingerprint density at radius 2 is 0.581 bits per heavy atom. The first-order valence-electron chi connectivity index (χ1n) is 27.7. The largest absolute Gasteiger partial charge is 0.480 e. The number of hydrogen-bond donors (Lipinski definition) is 1. The van der Waals surface area contributed by atoms with Crippen LogP contribution in [0.15, 0.2) is 0 Å². The van der Waals surface area contributed by atoms with E-state index in [4.69, 9.17) is 0 Å². The maximum Gasteiger partial charge on any atom is 0.332 e. The molecule has 0 aliphatic heterocycles. The van der Waals surface area contributed by atoms with Crippen LogP contribution in [0.3, 0.4) is 0 Å². The quantitative estimate of drug-likeness (QED) is 0.0484. The van der Waals surface area contributed by atoms with Crippen LogP contribution in [0.1, 0.15) is 314 Å². The number of carbonyl (C=O) groups is 1. The Morgan fingerprint density at radius 1 is 0.371 bits per heavy atom. The second kappa shape index (κ2) is 40.9. The van der Waals surface area contributed by atoms with Gasteiger partial charge in [-0.05, 0) is 37.5 Å². The van der Waals surface area contributed by atoms with E-state index >= 15 is 0 Å². The van der Waals surface area contributed by atoms with Crippen LogP contribution in [-0.2, 0) is 4.79 Å². The highest BCUT2D eigenvalue weighted by molar-refractivity contribution is 8.26. The normalized spacial score (nSPS) is 16.2. The Kier molecular flexibility index (Phi) is 41.5. The van der Waals surface area contributed by atoms with Gasteiger partial charge in [0.15, 0.2) is 4.08 Å². The van der Waals surface area contributed by atoms with Gasteiger partial charge in [-0.1, -0.05) is 282 Å². The van der Waals surface area contributed by atoms with Gasteiger partial charge in [0.1, 0.15) is 0 Å². The molecule has 62 heavy (non-hydrogen) atoms. The van der Waals surface area contributed by atoms with Crippen molar-refractivity contribution in [1.29, 1.82) is 0 Å². The maximum atomic E-state index is 14.7. The molecule has 0 amide bonds. The zero-order chi connectivity index (χ0) is 46.4. The first-order valence-corrected chi connectivity index (χ1v) is 31.2. The summed E-state index contributed by atoms with van der Waals surface area (Å²) in [7, 11) is 0. The van der Waals surface area contributed by atoms with E-state index in [1.807, 2.05) is 23.5 Å². The number of aliphatic carboxylic acids is 1. The van der Waals surface area contributed by atoms with Crippen molar-refractivity contribution in [2.24, 2.45) is 5.41 Å². The standard InChI is InChI=1S/C56H112O2S4/c1-12-16-20-24-28-32-36-40-44-49(5)59-55(48-54(9,10)11,60-50(6)45-41-37-33-29-25-21-17-13-2)56(53(57)58,61-51(7)46-42-38-34-30-26-22-18-14-3)62-52(8)47-43-39-35-31-27-23-19-15-4/h49-52H,12-48H2,1-11H3,(H,57,58). The molecule has 4 atom stereocenters. The second-order valence-electron chi connectivity index (χ2n) is 21.2. The van der Waals surface area contributed by atoms with Crippen molar-refractivity contribution in [3.63, 3.8) is 0 Å². The van der Waals surface area contributed by atoms with Gasteiger partial charge in [0.2, 0.25) is 0 Å². The lowest BCUT2D eigenvalue weighted by atomic mass is 9.89. The zero-order valence-electron chi connectivity index (χ0n) is 44.0. The van der Waals surface area contributed by atoms with E-state index in [1.54, 1.807) is 0 Å². The summed E-state index contributed by atoms with van der Waals surface area (Å²) < 4.78 is -1.39. The van der Waals surface area contributed by atoms with Crippen LogP contribution < -0.4 is 0 Å². The molecule has 1 N–H and O–H groups in total. The fourth-order valence-corrected chi connectivity index (χ4v) is 18.6. The average molecular weight is 946 g/mol. The van der Waals surface area contributed by atoms with Crippen LogP contribution in [0.2, 0.25) is 0 Å². The first-order chi connectivity index (χ1) is 29.7. The Hall–Kier alpha value is 0.870. The summed E-state index contributed by atoms with van der Waals surface area (Å²) in [4.78, 5) is 14.7. The van der Waals surface area contributed by atoms with Gasteiger partial charge in [-0.25, -0.2) is 4.79 Å². The Morgan fingerprint density at radius 3 is 0.790 bits per heavy atom. The van der Waals surface area contributed by atoms with E-state index in [-0.39, 0.29) is 5.41 Å². The van der Waals surface area contributed by atoms with Gasteiger partial charge in [-0.3, -0.25) is 0 Å². The van der Waals surface area contributed by atoms with Gasteiger partial charge >= 0.3 is 5.97 Å². The predicted octanol–water partition coefficient (Wildman–Crippen LogP) is 21.5. The topological polar surface area (TPSA) is 37.3 Å². The molecule has 0 aromatic heterocycles. The molecular formula is C56H112O2S4. The molecule has 0 radical (unpaired) electrons. The third kappa shape index (κ3) is 32.6. The molecule has 0 saturated heterocycles. The molecule has 0 rings (SSSR count). The number of thioether (sulfide) groups is 4. The molecule has 0 aromatic carbocycles. The Balaban J connectivity index is 6.70. The van der Waals surface area contributed by atoms with Crippen molar-refractivity contribution in [2.75, 3.05) is 0 Å². The van der Waals surface area contributed by atoms with E-state index in [1.165, 1.54) is 218 Å². The van der Waals surface area contributed by atoms with E-state index in [2.05, 4.69) is 99.7 Å². The van der Waals surface area contributed by atoms with Crippen molar-refractivity contribution in [3.05, 3.63) is 0 Å². The minimum Gasteiger partial charge on any atom is -0.480 e. The van der Waals surface area contributed by atoms with Crippen LogP contribution in [-0.4, -0.2) is 40.2 Å². The van der Waals surface area contributed by atoms with Crippen molar-refractivity contribution >= 4 is 53.0 Å². The van der Waals surface area contributed by atoms with Crippen molar-refractivity contribution in [3.8, 4) is 0 Å². The Labute approximate surface area is 408 Å². The molecule has 0 aliphatic carbocycles. The minimum absolute atomic E-state index is 0.000264. The monoisotopic (exact) mass is 945 g/mol. The van der Waals surface area contributed by atoms with Gasteiger partial charge in [-0.15, -0.1) is 47.0 Å². The smallest absolute Gasteiger partial charge is 0.332 e. The summed E-state index contributed by atoms with van der Waals surface area (Å²) in [6, 6.07) is 0. The third-order valence-corrected chi connectivity index (χ3v) is 20.5. The van der Waals surface area contributed by atoms with Gasteiger partial charge < -0.3 is 5.11 Å². The number of carboxylic acids is 1. The SMILES string of the molecule is CCCCCCCCCCC(C)SC(CC(C)(C)C)(SC(C)CCCCCCCCCC)C(SC(C)CCCCCCCCCC)(SC(C)CCCCCCCCCC)C(=O)O. The number of rotatable bonds is 47. The van der Waals surface area contributed by atoms with Gasteiger partial charge in [0.25, 0.3) is 0 Å². The molecule has 2 nitrogen and oxygen atoms in total. The summed E-state index contributed by atoms with van der Waals surface area (Å²) in [6.07, 6.45) is 48.1. The molecule has 0 heterocycles. The molecule has 0 aromatic rings. The summed E-state index contributed by atoms with van der Waals surface area (Å²) in [6.45, 7) is 26.1. The molecule has 6 heteroatoms. The van der Waals surface area contributed by atoms with Crippen LogP contribution in [0, 0.1) is 5.41 Å². The molecule has 0 saturated carbocycles. The molecule has 0 aliphatic rings. The van der Waals surface area contributed by atoms with Crippen molar-refractivity contribution in [1.82, 2.24) is 0 Å². The summed E-state index contributed by atoms with van der Waals surface area (Å²) in [5.41, 5.74) is 0.000264. The molecule has 4 unspecified atom stereocenters. The maximum absolute atomic E-state index is 14.7. The van der Waals surface area contributed by atoms with Crippen molar-refractivity contribution in [2.45, 2.75) is 343 Å². The lowest BCUT2D eigenvalue weighted by molar-refractivity contribution is -0.137. The highest BCUT2D eigenvalue weighted by Crippen LogP contribution is 2.66. The predicted molar refractivity (Wildman–Crippen MR) is 294 cm³/mol. The fourth-order valence-electron chi connectivity index (χ4n) is 9.27. The third-order valence-electron chi connectivity index (χ3n) is 12.9. The fraction of sp³-hybridized carbons (Fsp3) is 0.982. The Bertz CT molecular complexity index is 926. The molecule has 0 spiro atoms. The number of hydrogen-bond acceptors (Lipinski definition) is 5. The summed E-state index contributed by atoms with van der Waals surface area (Å²) >= 11 is 8.03. The second-order valence-corrected chi connectivity index (χ2v) is 28.5. The van der Waals surface area contributed by atoms with E-state index in [9.17, 15) is 9.90 Å². The molecular weight excluding hydrogens is 833 g/mol. The highest BCUT2D eigenvalue weighted by atomic mass is 32.2. The van der Waals surface area contributed by atoms with Crippen LogP contribution in [0.25, 0.3) is 0 Å². The van der Waals surface area contributed by atoms with Crippen LogP contribution in [0.4, 0.5) is 0 Å². The number of carboxylic acid groups (broad SMARTS) is 1. The van der Waals surface area contributed by atoms with E-state index in [0.717, 1.165) is 19.3 Å². The minimum atomic E-state index is -0.935. The highest BCUT2D eigenvalue weighted by Gasteiger charge is 2.62. The summed E-state index contributed by atoms with van der Waals surface area (Å²) in [5, 5.41) is 13.6.